The topological polar surface area (TPSA) is 93.1 Å². The lowest BCUT2D eigenvalue weighted by atomic mass is 10.1. The lowest BCUT2D eigenvalue weighted by Gasteiger charge is -2.40. The van der Waals surface area contributed by atoms with Crippen LogP contribution in [0.25, 0.3) is 0 Å². The van der Waals surface area contributed by atoms with Crippen molar-refractivity contribution in [3.05, 3.63) is 65.6 Å². The van der Waals surface area contributed by atoms with Crippen molar-refractivity contribution >= 4 is 17.4 Å². The summed E-state index contributed by atoms with van der Waals surface area (Å²) in [4.78, 5) is 22.8. The van der Waals surface area contributed by atoms with Crippen molar-refractivity contribution in [3.63, 3.8) is 0 Å². The number of aryl methyl sites for hydroxylation is 1. The van der Waals surface area contributed by atoms with Gasteiger partial charge < -0.3 is 15.0 Å². The van der Waals surface area contributed by atoms with Crippen LogP contribution in [-0.4, -0.2) is 45.3 Å². The van der Waals surface area contributed by atoms with E-state index in [2.05, 4.69) is 25.5 Å². The van der Waals surface area contributed by atoms with E-state index in [0.717, 1.165) is 17.8 Å². The van der Waals surface area contributed by atoms with Crippen molar-refractivity contribution in [1.82, 2.24) is 20.2 Å². The van der Waals surface area contributed by atoms with Crippen molar-refractivity contribution in [2.75, 3.05) is 23.3 Å². The van der Waals surface area contributed by atoms with E-state index in [1.807, 2.05) is 6.92 Å². The van der Waals surface area contributed by atoms with Gasteiger partial charge in [0, 0.05) is 24.5 Å². The normalized spacial score (nSPS) is 13.6. The molecule has 0 aliphatic carbocycles. The lowest BCUT2D eigenvalue weighted by Crippen LogP contribution is -2.54. The van der Waals surface area contributed by atoms with Gasteiger partial charge in [0.15, 0.2) is 29.0 Å². The summed E-state index contributed by atoms with van der Waals surface area (Å²) in [6, 6.07) is 3.29. The average Bonchev–Trinajstić information content (AvgIpc) is 2.74. The third-order valence-corrected chi connectivity index (χ3v) is 4.63. The second kappa shape index (κ2) is 8.54. The summed E-state index contributed by atoms with van der Waals surface area (Å²) in [5.41, 5.74) is 1.32. The molecule has 2 aromatic heterocycles. The number of benzene rings is 1. The molecule has 0 unspecified atom stereocenters. The first-order chi connectivity index (χ1) is 14.9. The zero-order valence-electron chi connectivity index (χ0n) is 16.3. The Kier molecular flexibility index (Phi) is 5.65. The van der Waals surface area contributed by atoms with Gasteiger partial charge in [-0.05, 0) is 12.5 Å². The number of carbonyl (C=O) groups excluding carboxylic acids is 1. The molecular formula is C20H17F3N6O2. The first-order valence-electron chi connectivity index (χ1n) is 9.44. The minimum atomic E-state index is -1.55. The quantitative estimate of drug-likeness (QED) is 0.601. The zero-order chi connectivity index (χ0) is 22.0. The fraction of sp³-hybridized carbons (Fsp3) is 0.250. The van der Waals surface area contributed by atoms with E-state index >= 15 is 0 Å². The van der Waals surface area contributed by atoms with E-state index in [0.29, 0.717) is 31.0 Å². The highest BCUT2D eigenvalue weighted by Crippen LogP contribution is 2.27. The van der Waals surface area contributed by atoms with Gasteiger partial charge in [0.2, 0.25) is 0 Å². The molecule has 1 aliphatic heterocycles. The predicted octanol–water partition coefficient (Wildman–Crippen LogP) is 2.77. The van der Waals surface area contributed by atoms with E-state index in [4.69, 9.17) is 4.74 Å². The summed E-state index contributed by atoms with van der Waals surface area (Å²) in [6.07, 6.45) is 4.54. The second-order valence-corrected chi connectivity index (χ2v) is 6.82. The number of anilines is 2. The fourth-order valence-electron chi connectivity index (χ4n) is 3.04. The third-order valence-electron chi connectivity index (χ3n) is 4.63. The lowest BCUT2D eigenvalue weighted by molar-refractivity contribution is 0.102. The van der Waals surface area contributed by atoms with Crippen LogP contribution in [0.5, 0.6) is 5.75 Å². The number of nitrogens with one attached hydrogen (secondary N) is 1. The van der Waals surface area contributed by atoms with Gasteiger partial charge in [0.05, 0.1) is 30.7 Å². The van der Waals surface area contributed by atoms with Gasteiger partial charge in [-0.25, -0.2) is 23.1 Å². The fourth-order valence-corrected chi connectivity index (χ4v) is 3.04. The first-order valence-corrected chi connectivity index (χ1v) is 9.44. The first kappa shape index (κ1) is 20.5. The molecule has 8 nitrogen and oxygen atoms in total. The molecule has 4 rings (SSSR count). The maximum atomic E-state index is 13.3. The van der Waals surface area contributed by atoms with E-state index in [1.54, 1.807) is 11.0 Å². The molecule has 1 aliphatic rings. The maximum absolute atomic E-state index is 13.3. The molecule has 3 aromatic rings. The summed E-state index contributed by atoms with van der Waals surface area (Å²) >= 11 is 0. The monoisotopic (exact) mass is 430 g/mol. The van der Waals surface area contributed by atoms with E-state index in [-0.39, 0.29) is 11.4 Å². The van der Waals surface area contributed by atoms with Crippen molar-refractivity contribution in [3.8, 4) is 5.75 Å². The van der Waals surface area contributed by atoms with Crippen molar-refractivity contribution < 1.29 is 22.7 Å². The van der Waals surface area contributed by atoms with Crippen LogP contribution < -0.4 is 15.0 Å². The predicted molar refractivity (Wildman–Crippen MR) is 104 cm³/mol. The molecular weight excluding hydrogens is 413 g/mol. The zero-order valence-corrected chi connectivity index (χ0v) is 16.3. The highest BCUT2D eigenvalue weighted by atomic mass is 19.2. The van der Waals surface area contributed by atoms with E-state index in [9.17, 15) is 18.0 Å². The highest BCUT2D eigenvalue weighted by molar-refractivity contribution is 6.06. The molecule has 1 N–H and O–H groups in total. The highest BCUT2D eigenvalue weighted by Gasteiger charge is 2.33. The smallest absolute Gasteiger partial charge is 0.278 e. The number of nitrogens with zero attached hydrogens (tertiary/aromatic N) is 5. The number of ether oxygens (including phenoxy) is 1. The van der Waals surface area contributed by atoms with Crippen LogP contribution in [0.3, 0.4) is 0 Å². The molecule has 11 heteroatoms. The molecule has 1 saturated heterocycles. The number of hydrogen-bond donors (Lipinski definition) is 1. The van der Waals surface area contributed by atoms with Crippen molar-refractivity contribution in [2.24, 2.45) is 0 Å². The van der Waals surface area contributed by atoms with Crippen LogP contribution in [-0.2, 0) is 6.42 Å². The molecule has 1 aromatic carbocycles. The Morgan fingerprint density at radius 2 is 1.87 bits per heavy atom. The van der Waals surface area contributed by atoms with Crippen molar-refractivity contribution in [1.29, 1.82) is 0 Å². The number of rotatable bonds is 6. The van der Waals surface area contributed by atoms with Crippen molar-refractivity contribution in [2.45, 2.75) is 19.4 Å². The molecule has 0 bridgehead atoms. The number of amides is 1. The van der Waals surface area contributed by atoms with Gasteiger partial charge in [0.25, 0.3) is 5.91 Å². The third kappa shape index (κ3) is 4.39. The standard InChI is InChI=1S/C20H17F3N6O2/c1-2-11-5-12(8-26-28-11)27-20(30)18-19(25-4-3-24-18)29-9-14(10-29)31-13-6-15(21)17(23)16(22)7-13/h3-8,14H,2,9-10H2,1H3,(H,27,28,30). The van der Waals surface area contributed by atoms with Gasteiger partial charge in [-0.15, -0.1) is 0 Å². The SMILES string of the molecule is CCc1cc(NC(=O)c2nccnc2N2CC(Oc3cc(F)c(F)c(F)c3)C2)cnn1. The molecule has 1 amide bonds. The van der Waals surface area contributed by atoms with Gasteiger partial charge in [-0.3, -0.25) is 4.79 Å². The van der Waals surface area contributed by atoms with Gasteiger partial charge in [-0.1, -0.05) is 6.92 Å². The Labute approximate surface area is 175 Å². The number of halogens is 3. The Morgan fingerprint density at radius 3 is 2.58 bits per heavy atom. The van der Waals surface area contributed by atoms with Crippen LogP contribution in [0.15, 0.2) is 36.8 Å². The number of carbonyl (C=O) groups is 1. The van der Waals surface area contributed by atoms with Crippen LogP contribution in [0, 0.1) is 17.5 Å². The molecule has 31 heavy (non-hydrogen) atoms. The largest absolute Gasteiger partial charge is 0.487 e. The van der Waals surface area contributed by atoms with Gasteiger partial charge >= 0.3 is 0 Å². The maximum Gasteiger partial charge on any atom is 0.278 e. The van der Waals surface area contributed by atoms with E-state index in [1.165, 1.54) is 18.6 Å². The molecule has 1 fully saturated rings. The van der Waals surface area contributed by atoms with Crippen LogP contribution in [0.2, 0.25) is 0 Å². The molecule has 0 atom stereocenters. The summed E-state index contributed by atoms with van der Waals surface area (Å²) in [5.74, 6) is -4.44. The molecule has 160 valence electrons. The minimum Gasteiger partial charge on any atom is -0.487 e. The Bertz CT molecular complexity index is 1100. The van der Waals surface area contributed by atoms with E-state index < -0.39 is 29.5 Å². The Morgan fingerprint density at radius 1 is 1.16 bits per heavy atom. The average molecular weight is 430 g/mol. The second-order valence-electron chi connectivity index (χ2n) is 6.82. The molecule has 0 radical (unpaired) electrons. The summed E-state index contributed by atoms with van der Waals surface area (Å²) < 4.78 is 45.3. The van der Waals surface area contributed by atoms with Crippen LogP contribution >= 0.6 is 0 Å². The van der Waals surface area contributed by atoms with Gasteiger partial charge in [0.1, 0.15) is 11.9 Å². The molecule has 0 saturated carbocycles. The summed E-state index contributed by atoms with van der Waals surface area (Å²) in [5, 5.41) is 10.5. The molecule has 0 spiro atoms. The minimum absolute atomic E-state index is 0.106. The number of aromatic nitrogens is 4. The molecule has 3 heterocycles. The van der Waals surface area contributed by atoms with Crippen LogP contribution in [0.1, 0.15) is 23.1 Å². The summed E-state index contributed by atoms with van der Waals surface area (Å²) in [6.45, 7) is 2.53. The van der Waals surface area contributed by atoms with Gasteiger partial charge in [-0.2, -0.15) is 10.2 Å². The van der Waals surface area contributed by atoms with Crippen LogP contribution in [0.4, 0.5) is 24.7 Å². The number of hydrogen-bond acceptors (Lipinski definition) is 7. The summed E-state index contributed by atoms with van der Waals surface area (Å²) in [7, 11) is 0. The Hall–Kier alpha value is -3.76. The Balaban J connectivity index is 1.43.